The first-order valence-electron chi connectivity index (χ1n) is 10.4. The Kier molecular flexibility index (Phi) is 7.66. The molecule has 7 heteroatoms. The van der Waals surface area contributed by atoms with E-state index in [1.807, 2.05) is 38.1 Å². The summed E-state index contributed by atoms with van der Waals surface area (Å²) in [5, 5.41) is 2.92. The Morgan fingerprint density at radius 2 is 1.56 bits per heavy atom. The monoisotopic (exact) mass is 452 g/mol. The smallest absolute Gasteiger partial charge is 0.264 e. The molecule has 3 aromatic rings. The molecule has 3 rings (SSSR count). The summed E-state index contributed by atoms with van der Waals surface area (Å²) in [6, 6.07) is 21.0. The molecule has 0 bridgehead atoms. The Morgan fingerprint density at radius 3 is 2.19 bits per heavy atom. The molecule has 0 spiro atoms. The van der Waals surface area contributed by atoms with Gasteiger partial charge >= 0.3 is 0 Å². The maximum atomic E-state index is 12.9. The molecule has 0 aliphatic rings. The van der Waals surface area contributed by atoms with Crippen LogP contribution in [0.15, 0.2) is 77.7 Å². The lowest BCUT2D eigenvalue weighted by molar-refractivity contribution is 0.0950. The molecular weight excluding hydrogens is 424 g/mol. The zero-order valence-electron chi connectivity index (χ0n) is 18.5. The zero-order valence-corrected chi connectivity index (χ0v) is 19.4. The van der Waals surface area contributed by atoms with E-state index in [0.717, 1.165) is 16.7 Å². The summed E-state index contributed by atoms with van der Waals surface area (Å²) in [5.41, 5.74) is 3.95. The lowest BCUT2D eigenvalue weighted by Crippen LogP contribution is -2.27. The molecule has 1 N–H and O–H groups in total. The van der Waals surface area contributed by atoms with Crippen molar-refractivity contribution in [2.24, 2.45) is 0 Å². The Balaban J connectivity index is 1.68. The second-order valence-electron chi connectivity index (χ2n) is 7.42. The molecule has 0 aromatic heterocycles. The first-order chi connectivity index (χ1) is 15.3. The molecule has 0 saturated carbocycles. The third kappa shape index (κ3) is 5.55. The highest BCUT2D eigenvalue weighted by molar-refractivity contribution is 7.92. The lowest BCUT2D eigenvalue weighted by Gasteiger charge is -2.20. The molecule has 6 nitrogen and oxygen atoms in total. The maximum absolute atomic E-state index is 12.9. The third-order valence-electron chi connectivity index (χ3n) is 5.19. The number of nitrogens with one attached hydrogen (secondary N) is 1. The van der Waals surface area contributed by atoms with Crippen LogP contribution in [0.5, 0.6) is 0 Å². The number of nitrogens with zero attached hydrogens (tertiary/aromatic N) is 1. The highest BCUT2D eigenvalue weighted by Crippen LogP contribution is 2.23. The van der Waals surface area contributed by atoms with E-state index < -0.39 is 10.0 Å². The van der Waals surface area contributed by atoms with Crippen LogP contribution in [0.25, 0.3) is 0 Å². The number of amides is 1. The van der Waals surface area contributed by atoms with Crippen molar-refractivity contribution in [1.29, 1.82) is 0 Å². The van der Waals surface area contributed by atoms with Crippen molar-refractivity contribution >= 4 is 21.6 Å². The van der Waals surface area contributed by atoms with Gasteiger partial charge in [-0.2, -0.15) is 0 Å². The fourth-order valence-corrected chi connectivity index (χ4v) is 4.39. The molecule has 1 amide bonds. The molecule has 0 saturated heterocycles. The number of aryl methyl sites for hydroxylation is 1. The molecule has 0 heterocycles. The lowest BCUT2D eigenvalue weighted by atomic mass is 10.1. The SMILES string of the molecule is CCOCc1ccccc1CNC(=O)c1ccc(N(C)S(=O)(=O)c2ccc(C)cc2)cc1. The van der Waals surface area contributed by atoms with Crippen LogP contribution < -0.4 is 9.62 Å². The van der Waals surface area contributed by atoms with Crippen LogP contribution in [-0.4, -0.2) is 28.0 Å². The van der Waals surface area contributed by atoms with E-state index in [9.17, 15) is 13.2 Å². The van der Waals surface area contributed by atoms with Crippen LogP contribution in [0, 0.1) is 6.92 Å². The van der Waals surface area contributed by atoms with Crippen molar-refractivity contribution in [3.8, 4) is 0 Å². The van der Waals surface area contributed by atoms with Gasteiger partial charge in [0.1, 0.15) is 0 Å². The summed E-state index contributed by atoms with van der Waals surface area (Å²) in [5.74, 6) is -0.230. The molecule has 0 fully saturated rings. The number of sulfonamides is 1. The van der Waals surface area contributed by atoms with Gasteiger partial charge in [-0.15, -0.1) is 0 Å². The maximum Gasteiger partial charge on any atom is 0.264 e. The fraction of sp³-hybridized carbons (Fsp3) is 0.240. The number of rotatable bonds is 9. The predicted molar refractivity (Wildman–Crippen MR) is 126 cm³/mol. The van der Waals surface area contributed by atoms with E-state index in [1.165, 1.54) is 11.4 Å². The van der Waals surface area contributed by atoms with Crippen LogP contribution in [0.4, 0.5) is 5.69 Å². The van der Waals surface area contributed by atoms with Crippen molar-refractivity contribution in [2.45, 2.75) is 31.9 Å². The number of carbonyl (C=O) groups excluding carboxylic acids is 1. The van der Waals surface area contributed by atoms with Crippen LogP contribution in [0.1, 0.15) is 34.0 Å². The quantitative estimate of drug-likeness (QED) is 0.526. The van der Waals surface area contributed by atoms with Crippen molar-refractivity contribution in [3.05, 3.63) is 95.1 Å². The molecule has 0 atom stereocenters. The van der Waals surface area contributed by atoms with Crippen molar-refractivity contribution in [2.75, 3.05) is 18.0 Å². The summed E-state index contributed by atoms with van der Waals surface area (Å²) in [6.07, 6.45) is 0. The van der Waals surface area contributed by atoms with E-state index in [0.29, 0.717) is 31.0 Å². The van der Waals surface area contributed by atoms with E-state index in [-0.39, 0.29) is 10.8 Å². The Hall–Kier alpha value is -3.16. The topological polar surface area (TPSA) is 75.7 Å². The summed E-state index contributed by atoms with van der Waals surface area (Å²) in [4.78, 5) is 12.8. The molecular formula is C25H28N2O4S. The van der Waals surface area contributed by atoms with Crippen molar-refractivity contribution in [1.82, 2.24) is 5.32 Å². The summed E-state index contributed by atoms with van der Waals surface area (Å²) < 4.78 is 32.4. The second kappa shape index (κ2) is 10.4. The number of hydrogen-bond donors (Lipinski definition) is 1. The van der Waals surface area contributed by atoms with Gasteiger partial charge in [0, 0.05) is 25.8 Å². The predicted octanol–water partition coefficient (Wildman–Crippen LogP) is 4.29. The summed E-state index contributed by atoms with van der Waals surface area (Å²) >= 11 is 0. The molecule has 0 unspecified atom stereocenters. The minimum Gasteiger partial charge on any atom is -0.377 e. The Labute approximate surface area is 189 Å². The number of carbonyl (C=O) groups is 1. The van der Waals surface area contributed by atoms with Crippen LogP contribution in [-0.2, 0) is 27.9 Å². The highest BCUT2D eigenvalue weighted by Gasteiger charge is 2.21. The molecule has 32 heavy (non-hydrogen) atoms. The molecule has 0 aliphatic carbocycles. The fourth-order valence-electron chi connectivity index (χ4n) is 3.19. The molecule has 0 radical (unpaired) electrons. The zero-order chi connectivity index (χ0) is 23.1. The summed E-state index contributed by atoms with van der Waals surface area (Å²) in [7, 11) is -2.18. The van der Waals surface area contributed by atoms with Gasteiger partial charge in [0.15, 0.2) is 0 Å². The average molecular weight is 453 g/mol. The van der Waals surface area contributed by atoms with Crippen LogP contribution in [0.3, 0.4) is 0 Å². The van der Waals surface area contributed by atoms with E-state index in [1.54, 1.807) is 48.5 Å². The Bertz CT molecular complexity index is 1160. The molecule has 3 aromatic carbocycles. The number of benzene rings is 3. The van der Waals surface area contributed by atoms with Crippen molar-refractivity contribution < 1.29 is 17.9 Å². The summed E-state index contributed by atoms with van der Waals surface area (Å²) in [6.45, 7) is 5.35. The van der Waals surface area contributed by atoms with Gasteiger partial charge in [0.25, 0.3) is 15.9 Å². The first-order valence-corrected chi connectivity index (χ1v) is 11.9. The van der Waals surface area contributed by atoms with E-state index in [2.05, 4.69) is 5.32 Å². The van der Waals surface area contributed by atoms with Gasteiger partial charge in [-0.1, -0.05) is 42.0 Å². The van der Waals surface area contributed by atoms with Gasteiger partial charge in [-0.3, -0.25) is 9.10 Å². The number of ether oxygens (including phenoxy) is 1. The first kappa shape index (κ1) is 23.5. The minimum atomic E-state index is -3.68. The average Bonchev–Trinajstić information content (AvgIpc) is 2.81. The number of hydrogen-bond acceptors (Lipinski definition) is 4. The highest BCUT2D eigenvalue weighted by atomic mass is 32.2. The van der Waals surface area contributed by atoms with Crippen molar-refractivity contribution in [3.63, 3.8) is 0 Å². The van der Waals surface area contributed by atoms with Gasteiger partial charge in [0.2, 0.25) is 0 Å². The normalized spacial score (nSPS) is 11.2. The van der Waals surface area contributed by atoms with Gasteiger partial charge in [-0.05, 0) is 61.4 Å². The molecule has 168 valence electrons. The third-order valence-corrected chi connectivity index (χ3v) is 6.99. The minimum absolute atomic E-state index is 0.220. The number of anilines is 1. The van der Waals surface area contributed by atoms with E-state index in [4.69, 9.17) is 4.74 Å². The largest absolute Gasteiger partial charge is 0.377 e. The second-order valence-corrected chi connectivity index (χ2v) is 9.39. The van der Waals surface area contributed by atoms with Gasteiger partial charge in [0.05, 0.1) is 17.2 Å². The molecule has 0 aliphatic heterocycles. The van der Waals surface area contributed by atoms with Gasteiger partial charge in [-0.25, -0.2) is 8.42 Å². The van der Waals surface area contributed by atoms with Crippen LogP contribution in [0.2, 0.25) is 0 Å². The van der Waals surface area contributed by atoms with Gasteiger partial charge < -0.3 is 10.1 Å². The van der Waals surface area contributed by atoms with Crippen LogP contribution >= 0.6 is 0 Å². The standard InChI is InChI=1S/C25H28N2O4S/c1-4-31-18-22-8-6-5-7-21(22)17-26-25(28)20-11-13-23(14-12-20)27(3)32(29,30)24-15-9-19(2)10-16-24/h5-16H,4,17-18H2,1-3H3,(H,26,28). The van der Waals surface area contributed by atoms with E-state index >= 15 is 0 Å². The Morgan fingerprint density at radius 1 is 0.938 bits per heavy atom.